The topological polar surface area (TPSA) is 54.5 Å². The number of halogens is 1. The molecule has 0 bridgehead atoms. The molecule has 5 nitrogen and oxygen atoms in total. The third-order valence-corrected chi connectivity index (χ3v) is 4.33. The Labute approximate surface area is 163 Å². The number of ether oxygens (including phenoxy) is 1. The summed E-state index contributed by atoms with van der Waals surface area (Å²) >= 11 is 6.00. The second-order valence-electron chi connectivity index (χ2n) is 6.04. The van der Waals surface area contributed by atoms with Crippen molar-refractivity contribution in [3.8, 4) is 5.75 Å². The van der Waals surface area contributed by atoms with Gasteiger partial charge in [0.15, 0.2) is 0 Å². The number of benzene rings is 2. The Balaban J connectivity index is 1.69. The smallest absolute Gasteiger partial charge is 0.274 e. The molecule has 2 aromatic carbocycles. The van der Waals surface area contributed by atoms with Crippen molar-refractivity contribution < 1.29 is 9.53 Å². The molecule has 3 rings (SSSR count). The first-order valence-electron chi connectivity index (χ1n) is 8.43. The van der Waals surface area contributed by atoms with E-state index in [1.807, 2.05) is 31.3 Å². The molecule has 0 saturated carbocycles. The van der Waals surface area contributed by atoms with Crippen molar-refractivity contribution in [2.75, 3.05) is 24.4 Å². The van der Waals surface area contributed by atoms with Gasteiger partial charge in [-0.1, -0.05) is 41.9 Å². The summed E-state index contributed by atoms with van der Waals surface area (Å²) in [4.78, 5) is 18.8. The van der Waals surface area contributed by atoms with Gasteiger partial charge in [0.05, 0.1) is 24.7 Å². The molecule has 1 aromatic heterocycles. The molecular formula is C21H20ClN3O2. The van der Waals surface area contributed by atoms with Crippen molar-refractivity contribution in [1.82, 2.24) is 4.98 Å². The first-order valence-corrected chi connectivity index (χ1v) is 8.80. The van der Waals surface area contributed by atoms with Crippen molar-refractivity contribution in [3.05, 3.63) is 83.1 Å². The lowest BCUT2D eigenvalue weighted by atomic mass is 10.2. The summed E-state index contributed by atoms with van der Waals surface area (Å²) < 4.78 is 5.24. The normalized spacial score (nSPS) is 10.3. The molecule has 0 aliphatic rings. The van der Waals surface area contributed by atoms with Crippen LogP contribution in [-0.2, 0) is 6.54 Å². The number of anilines is 2. The molecule has 0 fully saturated rings. The van der Waals surface area contributed by atoms with Crippen molar-refractivity contribution in [3.63, 3.8) is 0 Å². The molecule has 0 unspecified atom stereocenters. The first-order chi connectivity index (χ1) is 13.1. The van der Waals surface area contributed by atoms with Crippen LogP contribution in [0, 0.1) is 0 Å². The minimum absolute atomic E-state index is 0.314. The van der Waals surface area contributed by atoms with Crippen LogP contribution in [0.25, 0.3) is 0 Å². The van der Waals surface area contributed by atoms with E-state index in [1.165, 1.54) is 12.7 Å². The second-order valence-corrected chi connectivity index (χ2v) is 6.48. The minimum Gasteiger partial charge on any atom is -0.495 e. The Morgan fingerprint density at radius 1 is 1.15 bits per heavy atom. The Kier molecular flexibility index (Phi) is 5.94. The molecule has 0 aliphatic carbocycles. The summed E-state index contributed by atoms with van der Waals surface area (Å²) in [6.45, 7) is 0.758. The van der Waals surface area contributed by atoms with Gasteiger partial charge in [-0.3, -0.25) is 4.79 Å². The van der Waals surface area contributed by atoms with E-state index in [9.17, 15) is 4.79 Å². The highest BCUT2D eigenvalue weighted by atomic mass is 35.5. The average molecular weight is 382 g/mol. The van der Waals surface area contributed by atoms with Crippen LogP contribution in [0.3, 0.4) is 0 Å². The highest BCUT2D eigenvalue weighted by Gasteiger charge is 2.12. The SMILES string of the molecule is COc1ccc(Cl)cc1NC(=O)c1ccc(N(C)Cc2ccccc2)cn1. The van der Waals surface area contributed by atoms with Gasteiger partial charge in [-0.25, -0.2) is 4.98 Å². The number of methoxy groups -OCH3 is 1. The highest BCUT2D eigenvalue weighted by molar-refractivity contribution is 6.31. The number of nitrogens with zero attached hydrogens (tertiary/aromatic N) is 2. The van der Waals surface area contributed by atoms with Crippen LogP contribution in [0.15, 0.2) is 66.9 Å². The summed E-state index contributed by atoms with van der Waals surface area (Å²) in [7, 11) is 3.52. The van der Waals surface area contributed by atoms with Crippen LogP contribution in [0.5, 0.6) is 5.75 Å². The molecule has 138 valence electrons. The van der Waals surface area contributed by atoms with Crippen molar-refractivity contribution in [2.24, 2.45) is 0 Å². The molecule has 1 amide bonds. The summed E-state index contributed by atoms with van der Waals surface area (Å²) in [5, 5.41) is 3.29. The molecule has 0 spiro atoms. The van der Waals surface area contributed by atoms with Gasteiger partial charge in [0.1, 0.15) is 11.4 Å². The van der Waals surface area contributed by atoms with Crippen LogP contribution in [0.4, 0.5) is 11.4 Å². The Morgan fingerprint density at radius 2 is 1.93 bits per heavy atom. The summed E-state index contributed by atoms with van der Waals surface area (Å²) in [5.41, 5.74) is 2.95. The van der Waals surface area contributed by atoms with Crippen LogP contribution >= 0.6 is 11.6 Å². The Morgan fingerprint density at radius 3 is 2.59 bits per heavy atom. The second kappa shape index (κ2) is 8.56. The fourth-order valence-corrected chi connectivity index (χ4v) is 2.83. The van der Waals surface area contributed by atoms with Gasteiger partial charge in [-0.2, -0.15) is 0 Å². The number of hydrogen-bond acceptors (Lipinski definition) is 4. The van der Waals surface area contributed by atoms with Gasteiger partial charge in [0.25, 0.3) is 5.91 Å². The molecule has 0 radical (unpaired) electrons. The number of rotatable bonds is 6. The predicted molar refractivity (Wildman–Crippen MR) is 109 cm³/mol. The zero-order valence-electron chi connectivity index (χ0n) is 15.1. The molecular weight excluding hydrogens is 362 g/mol. The van der Waals surface area contributed by atoms with Crippen LogP contribution in [0.2, 0.25) is 5.02 Å². The van der Waals surface area contributed by atoms with E-state index in [2.05, 4.69) is 27.3 Å². The number of carbonyl (C=O) groups excluding carboxylic acids is 1. The fourth-order valence-electron chi connectivity index (χ4n) is 2.66. The van der Waals surface area contributed by atoms with Crippen LogP contribution in [-0.4, -0.2) is 25.0 Å². The Bertz CT molecular complexity index is 914. The van der Waals surface area contributed by atoms with Crippen molar-refractivity contribution in [2.45, 2.75) is 6.54 Å². The van der Waals surface area contributed by atoms with E-state index >= 15 is 0 Å². The van der Waals surface area contributed by atoms with E-state index in [0.717, 1.165) is 12.2 Å². The lowest BCUT2D eigenvalue weighted by Crippen LogP contribution is -2.18. The maximum Gasteiger partial charge on any atom is 0.274 e. The number of pyridine rings is 1. The quantitative estimate of drug-likeness (QED) is 0.676. The number of nitrogens with one attached hydrogen (secondary N) is 1. The third kappa shape index (κ3) is 4.77. The standard InChI is InChI=1S/C21H20ClN3O2/c1-25(14-15-6-4-3-5-7-15)17-9-10-18(23-13-17)21(26)24-19-12-16(22)8-11-20(19)27-2/h3-13H,14H2,1-2H3,(H,24,26). The molecule has 1 N–H and O–H groups in total. The minimum atomic E-state index is -0.326. The lowest BCUT2D eigenvalue weighted by molar-refractivity contribution is 0.102. The molecule has 1 heterocycles. The maximum absolute atomic E-state index is 12.5. The largest absolute Gasteiger partial charge is 0.495 e. The van der Waals surface area contributed by atoms with E-state index in [0.29, 0.717) is 22.2 Å². The molecule has 27 heavy (non-hydrogen) atoms. The van der Waals surface area contributed by atoms with Gasteiger partial charge in [-0.15, -0.1) is 0 Å². The molecule has 0 aliphatic heterocycles. The van der Waals surface area contributed by atoms with Gasteiger partial charge in [0.2, 0.25) is 0 Å². The Hall–Kier alpha value is -3.05. The zero-order chi connectivity index (χ0) is 19.2. The number of carbonyl (C=O) groups is 1. The number of hydrogen-bond donors (Lipinski definition) is 1. The highest BCUT2D eigenvalue weighted by Crippen LogP contribution is 2.28. The van der Waals surface area contributed by atoms with Crippen LogP contribution in [0.1, 0.15) is 16.1 Å². The molecule has 0 atom stereocenters. The number of amides is 1. The van der Waals surface area contributed by atoms with Gasteiger partial charge >= 0.3 is 0 Å². The fraction of sp³-hybridized carbons (Fsp3) is 0.143. The first kappa shape index (κ1) is 18.7. The van der Waals surface area contributed by atoms with Gasteiger partial charge in [-0.05, 0) is 35.9 Å². The molecule has 0 saturated heterocycles. The average Bonchev–Trinajstić information content (AvgIpc) is 2.69. The lowest BCUT2D eigenvalue weighted by Gasteiger charge is -2.19. The van der Waals surface area contributed by atoms with E-state index < -0.39 is 0 Å². The summed E-state index contributed by atoms with van der Waals surface area (Å²) in [6.07, 6.45) is 1.69. The van der Waals surface area contributed by atoms with Crippen LogP contribution < -0.4 is 15.0 Å². The number of aromatic nitrogens is 1. The summed E-state index contributed by atoms with van der Waals surface area (Å²) in [5.74, 6) is 0.208. The summed E-state index contributed by atoms with van der Waals surface area (Å²) in [6, 6.07) is 18.8. The third-order valence-electron chi connectivity index (χ3n) is 4.09. The van der Waals surface area contributed by atoms with E-state index in [1.54, 1.807) is 30.5 Å². The van der Waals surface area contributed by atoms with Crippen molar-refractivity contribution in [1.29, 1.82) is 0 Å². The van der Waals surface area contributed by atoms with E-state index in [-0.39, 0.29) is 5.91 Å². The monoisotopic (exact) mass is 381 g/mol. The zero-order valence-corrected chi connectivity index (χ0v) is 15.9. The van der Waals surface area contributed by atoms with E-state index in [4.69, 9.17) is 16.3 Å². The van der Waals surface area contributed by atoms with Gasteiger partial charge in [0, 0.05) is 18.6 Å². The van der Waals surface area contributed by atoms with Gasteiger partial charge < -0.3 is 15.0 Å². The predicted octanol–water partition coefficient (Wildman–Crippen LogP) is 4.63. The maximum atomic E-state index is 12.5. The molecule has 3 aromatic rings. The van der Waals surface area contributed by atoms with Crippen molar-refractivity contribution >= 4 is 28.9 Å². The molecule has 6 heteroatoms.